The van der Waals surface area contributed by atoms with E-state index in [4.69, 9.17) is 0 Å². The van der Waals surface area contributed by atoms with Gasteiger partial charge in [-0.05, 0) is 42.5 Å². The number of amides is 2. The zero-order valence-corrected chi connectivity index (χ0v) is 15.7. The number of hydrogen-bond acceptors (Lipinski definition) is 2. The van der Waals surface area contributed by atoms with E-state index in [0.717, 1.165) is 16.8 Å². The molecule has 0 radical (unpaired) electrons. The lowest BCUT2D eigenvalue weighted by molar-refractivity contribution is -0.126. The second-order valence-corrected chi connectivity index (χ2v) is 7.18. The Hall–Kier alpha value is -2.62. The van der Waals surface area contributed by atoms with E-state index < -0.39 is 0 Å². The van der Waals surface area contributed by atoms with Crippen LogP contribution in [-0.4, -0.2) is 24.9 Å². The van der Waals surface area contributed by atoms with Gasteiger partial charge in [-0.1, -0.05) is 49.4 Å². The predicted octanol–water partition coefficient (Wildman–Crippen LogP) is 3.58. The molecular formula is C22H26N2O2. The molecule has 0 aromatic heterocycles. The summed E-state index contributed by atoms with van der Waals surface area (Å²) in [7, 11) is 0. The maximum atomic E-state index is 12.6. The standard InChI is InChI=1S/C22H26N2O2/c1-15-8-7-11-20(17(15)3)24-14-19(12-21(24)25)22(26)23-13-16(2)18-9-5-4-6-10-18/h4-11,16,19H,12-14H2,1-3H3,(H,23,26). The van der Waals surface area contributed by atoms with Crippen LogP contribution in [0, 0.1) is 19.8 Å². The van der Waals surface area contributed by atoms with Crippen molar-refractivity contribution in [1.82, 2.24) is 5.32 Å². The van der Waals surface area contributed by atoms with E-state index in [2.05, 4.69) is 24.4 Å². The molecule has 3 rings (SSSR count). The van der Waals surface area contributed by atoms with Crippen LogP contribution in [0.4, 0.5) is 5.69 Å². The van der Waals surface area contributed by atoms with Gasteiger partial charge in [0.2, 0.25) is 11.8 Å². The van der Waals surface area contributed by atoms with Crippen LogP contribution in [0.2, 0.25) is 0 Å². The van der Waals surface area contributed by atoms with Gasteiger partial charge in [0.1, 0.15) is 0 Å². The largest absolute Gasteiger partial charge is 0.355 e. The number of rotatable bonds is 5. The average molecular weight is 350 g/mol. The molecule has 2 amide bonds. The Kier molecular flexibility index (Phi) is 5.40. The van der Waals surface area contributed by atoms with Crippen molar-refractivity contribution in [2.75, 3.05) is 18.0 Å². The van der Waals surface area contributed by atoms with Crippen LogP contribution in [0.1, 0.15) is 36.0 Å². The zero-order valence-electron chi connectivity index (χ0n) is 15.7. The second kappa shape index (κ2) is 7.73. The predicted molar refractivity (Wildman–Crippen MR) is 104 cm³/mol. The number of aryl methyl sites for hydroxylation is 1. The zero-order chi connectivity index (χ0) is 18.7. The molecule has 1 aliphatic heterocycles. The Bertz CT molecular complexity index is 801. The van der Waals surface area contributed by atoms with Crippen LogP contribution in [0.5, 0.6) is 0 Å². The Morgan fingerprint density at radius 1 is 1.15 bits per heavy atom. The molecule has 136 valence electrons. The smallest absolute Gasteiger partial charge is 0.227 e. The summed E-state index contributed by atoms with van der Waals surface area (Å²) >= 11 is 0. The molecule has 1 heterocycles. The normalized spacial score (nSPS) is 18.0. The molecule has 1 fully saturated rings. The molecule has 0 aliphatic carbocycles. The molecule has 2 aromatic rings. The second-order valence-electron chi connectivity index (χ2n) is 7.18. The number of carbonyl (C=O) groups is 2. The maximum absolute atomic E-state index is 12.6. The van der Waals surface area contributed by atoms with Gasteiger partial charge in [0.15, 0.2) is 0 Å². The number of carbonyl (C=O) groups excluding carboxylic acids is 2. The van der Waals surface area contributed by atoms with Crippen LogP contribution >= 0.6 is 0 Å². The number of nitrogens with one attached hydrogen (secondary N) is 1. The van der Waals surface area contributed by atoms with Gasteiger partial charge in [-0.2, -0.15) is 0 Å². The minimum absolute atomic E-state index is 0.0231. The monoisotopic (exact) mass is 350 g/mol. The van der Waals surface area contributed by atoms with Crippen LogP contribution in [0.25, 0.3) is 0 Å². The van der Waals surface area contributed by atoms with Gasteiger partial charge in [0.25, 0.3) is 0 Å². The summed E-state index contributed by atoms with van der Waals surface area (Å²) < 4.78 is 0. The molecule has 2 aromatic carbocycles. The Morgan fingerprint density at radius 3 is 2.62 bits per heavy atom. The van der Waals surface area contributed by atoms with E-state index in [1.807, 2.05) is 50.2 Å². The van der Waals surface area contributed by atoms with Gasteiger partial charge in [-0.3, -0.25) is 9.59 Å². The van der Waals surface area contributed by atoms with Crippen molar-refractivity contribution in [3.05, 3.63) is 65.2 Å². The third kappa shape index (κ3) is 3.79. The van der Waals surface area contributed by atoms with Crippen molar-refractivity contribution < 1.29 is 9.59 Å². The fraction of sp³-hybridized carbons (Fsp3) is 0.364. The Morgan fingerprint density at radius 2 is 1.88 bits per heavy atom. The summed E-state index contributed by atoms with van der Waals surface area (Å²) in [6.07, 6.45) is 0.277. The molecule has 2 unspecified atom stereocenters. The van der Waals surface area contributed by atoms with E-state index in [1.54, 1.807) is 4.90 Å². The van der Waals surface area contributed by atoms with Gasteiger partial charge in [-0.25, -0.2) is 0 Å². The number of benzene rings is 2. The van der Waals surface area contributed by atoms with Gasteiger partial charge in [-0.15, -0.1) is 0 Å². The summed E-state index contributed by atoms with van der Waals surface area (Å²) in [5, 5.41) is 3.02. The van der Waals surface area contributed by atoms with Gasteiger partial charge in [0, 0.05) is 25.2 Å². The van der Waals surface area contributed by atoms with Crippen LogP contribution < -0.4 is 10.2 Å². The van der Waals surface area contributed by atoms with Crippen LogP contribution in [0.3, 0.4) is 0 Å². The first-order chi connectivity index (χ1) is 12.5. The van der Waals surface area contributed by atoms with Crippen molar-refractivity contribution in [2.45, 2.75) is 33.1 Å². The third-order valence-corrected chi connectivity index (χ3v) is 5.31. The van der Waals surface area contributed by atoms with Gasteiger partial charge < -0.3 is 10.2 Å². The highest BCUT2D eigenvalue weighted by Crippen LogP contribution is 2.29. The van der Waals surface area contributed by atoms with E-state index in [-0.39, 0.29) is 30.1 Å². The first kappa shape index (κ1) is 18.2. The number of hydrogen-bond donors (Lipinski definition) is 1. The molecule has 4 nitrogen and oxygen atoms in total. The van der Waals surface area contributed by atoms with Crippen molar-refractivity contribution in [1.29, 1.82) is 0 Å². The highest BCUT2D eigenvalue weighted by atomic mass is 16.2. The summed E-state index contributed by atoms with van der Waals surface area (Å²) in [6, 6.07) is 16.1. The maximum Gasteiger partial charge on any atom is 0.227 e. The highest BCUT2D eigenvalue weighted by Gasteiger charge is 2.35. The average Bonchev–Trinajstić information content (AvgIpc) is 3.04. The lowest BCUT2D eigenvalue weighted by Gasteiger charge is -2.20. The minimum Gasteiger partial charge on any atom is -0.355 e. The molecular weight excluding hydrogens is 324 g/mol. The van der Waals surface area contributed by atoms with E-state index in [0.29, 0.717) is 13.1 Å². The van der Waals surface area contributed by atoms with E-state index >= 15 is 0 Å². The van der Waals surface area contributed by atoms with Crippen molar-refractivity contribution in [2.24, 2.45) is 5.92 Å². The third-order valence-electron chi connectivity index (χ3n) is 5.31. The molecule has 1 aliphatic rings. The molecule has 1 N–H and O–H groups in total. The minimum atomic E-state index is -0.287. The lowest BCUT2D eigenvalue weighted by atomic mass is 10.0. The summed E-state index contributed by atoms with van der Waals surface area (Å²) in [5.74, 6) is -0.0540. The summed E-state index contributed by atoms with van der Waals surface area (Å²) in [6.45, 7) is 7.19. The number of nitrogens with zero attached hydrogens (tertiary/aromatic N) is 1. The quantitative estimate of drug-likeness (QED) is 0.896. The van der Waals surface area contributed by atoms with Gasteiger partial charge in [0.05, 0.1) is 5.92 Å². The SMILES string of the molecule is Cc1cccc(N2CC(C(=O)NCC(C)c3ccccc3)CC2=O)c1C. The fourth-order valence-electron chi connectivity index (χ4n) is 3.44. The summed E-state index contributed by atoms with van der Waals surface area (Å²) in [4.78, 5) is 26.8. The lowest BCUT2D eigenvalue weighted by Crippen LogP contribution is -2.35. The first-order valence-electron chi connectivity index (χ1n) is 9.16. The number of anilines is 1. The van der Waals surface area contributed by atoms with Crippen molar-refractivity contribution in [3.8, 4) is 0 Å². The molecule has 1 saturated heterocycles. The topological polar surface area (TPSA) is 49.4 Å². The fourth-order valence-corrected chi connectivity index (χ4v) is 3.44. The van der Waals surface area contributed by atoms with Crippen molar-refractivity contribution >= 4 is 17.5 Å². The molecule has 4 heteroatoms. The van der Waals surface area contributed by atoms with Gasteiger partial charge >= 0.3 is 0 Å². The molecule has 0 saturated carbocycles. The molecule has 26 heavy (non-hydrogen) atoms. The van der Waals surface area contributed by atoms with Crippen LogP contribution in [-0.2, 0) is 9.59 Å². The van der Waals surface area contributed by atoms with Crippen molar-refractivity contribution in [3.63, 3.8) is 0 Å². The molecule has 2 atom stereocenters. The summed E-state index contributed by atoms with van der Waals surface area (Å²) in [5.41, 5.74) is 4.37. The molecule has 0 spiro atoms. The Balaban J connectivity index is 1.61. The van der Waals surface area contributed by atoms with E-state index in [9.17, 15) is 9.59 Å². The van der Waals surface area contributed by atoms with Crippen LogP contribution in [0.15, 0.2) is 48.5 Å². The first-order valence-corrected chi connectivity index (χ1v) is 9.16. The highest BCUT2D eigenvalue weighted by molar-refractivity contribution is 6.00. The molecule has 0 bridgehead atoms. The Labute approximate surface area is 155 Å². The van der Waals surface area contributed by atoms with E-state index in [1.165, 1.54) is 5.56 Å².